The minimum absolute atomic E-state index is 0.178. The third kappa shape index (κ3) is 4.82. The van der Waals surface area contributed by atoms with Crippen LogP contribution in [-0.4, -0.2) is 38.6 Å². The molecule has 0 fully saturated rings. The van der Waals surface area contributed by atoms with Crippen molar-refractivity contribution in [3.05, 3.63) is 59.2 Å². The van der Waals surface area contributed by atoms with Crippen LogP contribution in [0, 0.1) is 0 Å². The van der Waals surface area contributed by atoms with Crippen LogP contribution < -0.4 is 14.8 Å². The second-order valence-electron chi connectivity index (χ2n) is 7.38. The number of fused-ring (bicyclic) bond motifs is 1. The van der Waals surface area contributed by atoms with Gasteiger partial charge in [0.25, 0.3) is 5.91 Å². The Bertz CT molecular complexity index is 812. The molecule has 6 heteroatoms. The molecule has 2 aromatic rings. The van der Waals surface area contributed by atoms with E-state index in [9.17, 15) is 4.79 Å². The monoisotopic (exact) mass is 385 g/mol. The van der Waals surface area contributed by atoms with E-state index < -0.39 is 6.29 Å². The molecule has 150 valence electrons. The molecule has 6 nitrogen and oxygen atoms in total. The summed E-state index contributed by atoms with van der Waals surface area (Å²) in [6.07, 6.45) is 0.410. The summed E-state index contributed by atoms with van der Waals surface area (Å²) in [5, 5.41) is 2.78. The van der Waals surface area contributed by atoms with Gasteiger partial charge in [0.15, 0.2) is 17.8 Å². The van der Waals surface area contributed by atoms with Crippen LogP contribution in [0.25, 0.3) is 0 Å². The van der Waals surface area contributed by atoms with E-state index in [2.05, 4.69) is 25.2 Å². The molecular formula is C22H27NO5. The van der Waals surface area contributed by atoms with Crippen LogP contribution in [0.3, 0.4) is 0 Å². The van der Waals surface area contributed by atoms with Crippen molar-refractivity contribution in [3.8, 4) is 11.5 Å². The highest BCUT2D eigenvalue weighted by Crippen LogP contribution is 2.41. The van der Waals surface area contributed by atoms with Crippen molar-refractivity contribution in [2.75, 3.05) is 20.8 Å². The van der Waals surface area contributed by atoms with E-state index in [-0.39, 0.29) is 18.1 Å². The van der Waals surface area contributed by atoms with Gasteiger partial charge in [-0.2, -0.15) is 0 Å². The molecule has 1 aliphatic heterocycles. The summed E-state index contributed by atoms with van der Waals surface area (Å²) in [7, 11) is 3.06. The highest BCUT2D eigenvalue weighted by atomic mass is 16.7. The van der Waals surface area contributed by atoms with E-state index in [1.165, 1.54) is 19.8 Å². The topological polar surface area (TPSA) is 66.0 Å². The Hall–Kier alpha value is -2.57. The van der Waals surface area contributed by atoms with E-state index in [0.29, 0.717) is 12.2 Å². The normalized spacial score (nSPS) is 14.5. The van der Waals surface area contributed by atoms with Crippen LogP contribution in [0.2, 0.25) is 0 Å². The molecule has 0 spiro atoms. The third-order valence-electron chi connectivity index (χ3n) is 4.62. The van der Waals surface area contributed by atoms with Crippen molar-refractivity contribution in [1.82, 2.24) is 5.32 Å². The van der Waals surface area contributed by atoms with Gasteiger partial charge in [0.1, 0.15) is 12.2 Å². The molecule has 0 unspecified atom stereocenters. The molecule has 2 aromatic carbocycles. The first-order chi connectivity index (χ1) is 13.4. The zero-order valence-electron chi connectivity index (χ0n) is 16.8. The largest absolute Gasteiger partial charge is 0.485 e. The Labute approximate surface area is 165 Å². The summed E-state index contributed by atoms with van der Waals surface area (Å²) in [6, 6.07) is 13.3. The number of ether oxygens (including phenoxy) is 4. The summed E-state index contributed by atoms with van der Waals surface area (Å²) < 4.78 is 22.1. The lowest BCUT2D eigenvalue weighted by Crippen LogP contribution is -2.34. The van der Waals surface area contributed by atoms with Gasteiger partial charge in [0.05, 0.1) is 6.54 Å². The predicted octanol–water partition coefficient (Wildman–Crippen LogP) is 3.33. The van der Waals surface area contributed by atoms with E-state index in [4.69, 9.17) is 18.9 Å². The lowest BCUT2D eigenvalue weighted by molar-refractivity contribution is -0.0974. The minimum Gasteiger partial charge on any atom is -0.485 e. The van der Waals surface area contributed by atoms with Gasteiger partial charge in [-0.15, -0.1) is 0 Å². The number of para-hydroxylation sites is 1. The molecule has 0 aliphatic carbocycles. The summed E-state index contributed by atoms with van der Waals surface area (Å²) in [6.45, 7) is 4.83. The number of carbonyl (C=O) groups excluding carboxylic acids is 1. The Morgan fingerprint density at radius 2 is 1.86 bits per heavy atom. The lowest BCUT2D eigenvalue weighted by atomic mass is 10.0. The van der Waals surface area contributed by atoms with Crippen molar-refractivity contribution in [2.24, 2.45) is 0 Å². The van der Waals surface area contributed by atoms with Gasteiger partial charge in [-0.05, 0) is 37.6 Å². The van der Waals surface area contributed by atoms with Gasteiger partial charge < -0.3 is 24.3 Å². The Kier molecular flexibility index (Phi) is 6.21. The van der Waals surface area contributed by atoms with Crippen molar-refractivity contribution < 1.29 is 23.7 Å². The molecule has 0 saturated heterocycles. The fraction of sp³-hybridized carbons (Fsp3) is 0.409. The summed E-state index contributed by atoms with van der Waals surface area (Å²) >= 11 is 0. The molecule has 1 heterocycles. The van der Waals surface area contributed by atoms with Crippen molar-refractivity contribution in [3.63, 3.8) is 0 Å². The number of hydrogen-bond donors (Lipinski definition) is 1. The number of hydrogen-bond acceptors (Lipinski definition) is 5. The van der Waals surface area contributed by atoms with Crippen LogP contribution in [0.4, 0.5) is 0 Å². The Morgan fingerprint density at radius 3 is 2.54 bits per heavy atom. The van der Waals surface area contributed by atoms with Crippen LogP contribution >= 0.6 is 0 Å². The van der Waals surface area contributed by atoms with Gasteiger partial charge in [0.2, 0.25) is 0 Å². The predicted molar refractivity (Wildman–Crippen MR) is 106 cm³/mol. The molecule has 0 aromatic heterocycles. The molecular weight excluding hydrogens is 358 g/mol. The van der Waals surface area contributed by atoms with Crippen LogP contribution in [0.1, 0.15) is 35.3 Å². The van der Waals surface area contributed by atoms with Crippen LogP contribution in [0.15, 0.2) is 42.5 Å². The summed E-state index contributed by atoms with van der Waals surface area (Å²) in [5.74, 6) is 1.40. The quantitative estimate of drug-likeness (QED) is 0.706. The Morgan fingerprint density at radius 1 is 1.14 bits per heavy atom. The number of methoxy groups -OCH3 is 2. The van der Waals surface area contributed by atoms with Gasteiger partial charge >= 0.3 is 0 Å². The van der Waals surface area contributed by atoms with Gasteiger partial charge in [0, 0.05) is 31.8 Å². The van der Waals surface area contributed by atoms with Crippen LogP contribution in [-0.2, 0) is 22.5 Å². The van der Waals surface area contributed by atoms with E-state index in [1.54, 1.807) is 12.1 Å². The smallest absolute Gasteiger partial charge is 0.251 e. The second kappa shape index (κ2) is 8.63. The third-order valence-corrected chi connectivity index (χ3v) is 4.62. The maximum absolute atomic E-state index is 12.2. The number of carbonyl (C=O) groups is 1. The molecule has 1 N–H and O–H groups in total. The molecule has 1 amide bonds. The van der Waals surface area contributed by atoms with Crippen molar-refractivity contribution in [1.29, 1.82) is 0 Å². The molecule has 1 aliphatic rings. The SMILES string of the molecule is COC(CNC(=O)c1ccc(COc2cccc3c2OC(C)(C)C3)cc1)OC. The highest BCUT2D eigenvalue weighted by molar-refractivity contribution is 5.94. The van der Waals surface area contributed by atoms with Crippen LogP contribution in [0.5, 0.6) is 11.5 Å². The first kappa shape index (κ1) is 20.2. The molecule has 0 atom stereocenters. The fourth-order valence-electron chi connectivity index (χ4n) is 3.16. The average Bonchev–Trinajstić information content (AvgIpc) is 3.01. The van der Waals surface area contributed by atoms with Gasteiger partial charge in [-0.25, -0.2) is 0 Å². The highest BCUT2D eigenvalue weighted by Gasteiger charge is 2.32. The minimum atomic E-state index is -0.462. The fourth-order valence-corrected chi connectivity index (χ4v) is 3.16. The number of rotatable bonds is 8. The summed E-state index contributed by atoms with van der Waals surface area (Å²) in [5.41, 5.74) is 2.50. The second-order valence-corrected chi connectivity index (χ2v) is 7.38. The first-order valence-electron chi connectivity index (χ1n) is 9.28. The van der Waals surface area contributed by atoms with Crippen molar-refractivity contribution in [2.45, 2.75) is 38.8 Å². The average molecular weight is 385 g/mol. The zero-order valence-corrected chi connectivity index (χ0v) is 16.8. The molecule has 0 saturated carbocycles. The summed E-state index contributed by atoms with van der Waals surface area (Å²) in [4.78, 5) is 12.2. The molecule has 3 rings (SSSR count). The zero-order chi connectivity index (χ0) is 20.1. The van der Waals surface area contributed by atoms with E-state index in [0.717, 1.165) is 23.5 Å². The number of nitrogens with one attached hydrogen (secondary N) is 1. The molecule has 0 bridgehead atoms. The van der Waals surface area contributed by atoms with Gasteiger partial charge in [-0.3, -0.25) is 4.79 Å². The maximum Gasteiger partial charge on any atom is 0.251 e. The van der Waals surface area contributed by atoms with E-state index in [1.807, 2.05) is 24.3 Å². The number of benzene rings is 2. The number of amides is 1. The first-order valence-corrected chi connectivity index (χ1v) is 9.28. The lowest BCUT2D eigenvalue weighted by Gasteiger charge is -2.18. The van der Waals surface area contributed by atoms with E-state index >= 15 is 0 Å². The Balaban J connectivity index is 1.57. The standard InChI is InChI=1S/C22H27NO5/c1-22(2)12-17-6-5-7-18(20(17)28-22)27-14-15-8-10-16(11-9-15)21(24)23-13-19(25-3)26-4/h5-11,19H,12-14H2,1-4H3,(H,23,24). The maximum atomic E-state index is 12.2. The molecule has 28 heavy (non-hydrogen) atoms. The van der Waals surface area contributed by atoms with Crippen molar-refractivity contribution >= 4 is 5.91 Å². The molecule has 0 radical (unpaired) electrons. The van der Waals surface area contributed by atoms with Gasteiger partial charge in [-0.1, -0.05) is 24.3 Å².